The van der Waals surface area contributed by atoms with Gasteiger partial charge in [0.1, 0.15) is 0 Å². The molecule has 1 N–H and O–H groups in total. The van der Waals surface area contributed by atoms with Crippen LogP contribution in [0.1, 0.15) is 58.3 Å². The zero-order chi connectivity index (χ0) is 18.3. The Kier molecular flexibility index (Phi) is 4.49. The lowest BCUT2D eigenvalue weighted by molar-refractivity contribution is -0.389. The highest BCUT2D eigenvalue weighted by atomic mass is 16.6. The van der Waals surface area contributed by atoms with Gasteiger partial charge in [-0.2, -0.15) is 4.68 Å². The molecule has 1 atom stereocenters. The smallest absolute Gasteiger partial charge is 0.358 e. The molecule has 1 aromatic rings. The van der Waals surface area contributed by atoms with Crippen LogP contribution in [0.3, 0.4) is 0 Å². The first-order valence-corrected chi connectivity index (χ1v) is 9.94. The first-order valence-electron chi connectivity index (χ1n) is 9.94. The van der Waals surface area contributed by atoms with Crippen molar-refractivity contribution in [3.05, 3.63) is 22.4 Å². The predicted molar refractivity (Wildman–Crippen MR) is 96.3 cm³/mol. The molecule has 4 bridgehead atoms. The van der Waals surface area contributed by atoms with Gasteiger partial charge in [0.05, 0.1) is 23.9 Å². The van der Waals surface area contributed by atoms with E-state index in [2.05, 4.69) is 17.3 Å². The molecule has 4 aliphatic rings. The van der Waals surface area contributed by atoms with Gasteiger partial charge in [-0.1, -0.05) is 6.92 Å². The fourth-order valence-electron chi connectivity index (χ4n) is 6.35. The highest BCUT2D eigenvalue weighted by molar-refractivity contribution is 5.76. The van der Waals surface area contributed by atoms with Crippen LogP contribution in [-0.2, 0) is 11.3 Å². The van der Waals surface area contributed by atoms with Crippen molar-refractivity contribution in [2.75, 3.05) is 0 Å². The number of hydrogen-bond donors (Lipinski definition) is 1. The van der Waals surface area contributed by atoms with Crippen LogP contribution in [-0.4, -0.2) is 26.7 Å². The van der Waals surface area contributed by atoms with Gasteiger partial charge < -0.3 is 15.4 Å². The highest BCUT2D eigenvalue weighted by Crippen LogP contribution is 2.61. The molecule has 1 heterocycles. The summed E-state index contributed by atoms with van der Waals surface area (Å²) in [6.45, 7) is 2.55. The largest absolute Gasteiger partial charge is 0.389 e. The van der Waals surface area contributed by atoms with Crippen LogP contribution in [0.2, 0.25) is 0 Å². The molecule has 26 heavy (non-hydrogen) atoms. The zero-order valence-electron chi connectivity index (χ0n) is 15.4. The Balaban J connectivity index is 1.36. The topological polar surface area (TPSA) is 90.1 Å². The summed E-state index contributed by atoms with van der Waals surface area (Å²) >= 11 is 0. The Bertz CT molecular complexity index is 663. The second kappa shape index (κ2) is 6.67. The number of amides is 1. The van der Waals surface area contributed by atoms with E-state index in [1.807, 2.05) is 0 Å². The van der Waals surface area contributed by atoms with E-state index in [1.54, 1.807) is 6.20 Å². The number of nitrogens with one attached hydrogen (secondary N) is 1. The SMILES string of the molecule is CC[C@H](NC(=O)CCn1ccc([N+](=O)[O-])n1)C12CC3CC(CC(C3)C1)C2. The minimum absolute atomic E-state index is 0.0331. The number of aromatic nitrogens is 2. The first kappa shape index (κ1) is 17.5. The molecule has 4 fully saturated rings. The number of hydrogen-bond acceptors (Lipinski definition) is 4. The molecule has 7 heteroatoms. The van der Waals surface area contributed by atoms with E-state index >= 15 is 0 Å². The zero-order valence-corrected chi connectivity index (χ0v) is 15.4. The quantitative estimate of drug-likeness (QED) is 0.597. The molecule has 4 aliphatic carbocycles. The van der Waals surface area contributed by atoms with Gasteiger partial charge in [-0.3, -0.25) is 4.79 Å². The Hall–Kier alpha value is -1.92. The summed E-state index contributed by atoms with van der Waals surface area (Å²) in [6.07, 6.45) is 10.9. The van der Waals surface area contributed by atoms with Crippen LogP contribution in [0.25, 0.3) is 0 Å². The van der Waals surface area contributed by atoms with Crippen LogP contribution in [0.4, 0.5) is 5.82 Å². The molecule has 1 aromatic heterocycles. The van der Waals surface area contributed by atoms with E-state index in [1.165, 1.54) is 49.3 Å². The van der Waals surface area contributed by atoms with Gasteiger partial charge in [-0.15, -0.1) is 0 Å². The van der Waals surface area contributed by atoms with E-state index in [4.69, 9.17) is 0 Å². The number of nitrogens with zero attached hydrogens (tertiary/aromatic N) is 3. The molecule has 0 spiro atoms. The Labute approximate surface area is 153 Å². The number of carbonyl (C=O) groups excluding carboxylic acids is 1. The van der Waals surface area contributed by atoms with Gasteiger partial charge in [0.25, 0.3) is 0 Å². The maximum absolute atomic E-state index is 12.5. The molecule has 1 amide bonds. The molecule has 0 aromatic carbocycles. The van der Waals surface area contributed by atoms with E-state index in [0.29, 0.717) is 18.4 Å². The summed E-state index contributed by atoms with van der Waals surface area (Å²) in [5.74, 6) is 2.47. The Morgan fingerprint density at radius 2 is 1.96 bits per heavy atom. The van der Waals surface area contributed by atoms with Crippen molar-refractivity contribution in [2.24, 2.45) is 23.2 Å². The second-order valence-electron chi connectivity index (χ2n) is 8.75. The van der Waals surface area contributed by atoms with Gasteiger partial charge in [-0.05, 0) is 73.0 Å². The molecule has 4 saturated carbocycles. The molecule has 0 unspecified atom stereocenters. The summed E-state index contributed by atoms with van der Waals surface area (Å²) in [6, 6.07) is 1.62. The summed E-state index contributed by atoms with van der Waals surface area (Å²) in [5, 5.41) is 17.9. The average molecular weight is 360 g/mol. The lowest BCUT2D eigenvalue weighted by Gasteiger charge is -2.59. The van der Waals surface area contributed by atoms with Crippen molar-refractivity contribution >= 4 is 11.7 Å². The maximum Gasteiger partial charge on any atom is 0.389 e. The van der Waals surface area contributed by atoms with Crippen molar-refractivity contribution < 1.29 is 9.72 Å². The van der Waals surface area contributed by atoms with Gasteiger partial charge >= 0.3 is 5.82 Å². The van der Waals surface area contributed by atoms with Crippen LogP contribution in [0.15, 0.2) is 12.3 Å². The minimum Gasteiger partial charge on any atom is -0.358 e. The number of carbonyl (C=O) groups is 1. The molecule has 142 valence electrons. The van der Waals surface area contributed by atoms with Crippen molar-refractivity contribution in [3.8, 4) is 0 Å². The Morgan fingerprint density at radius 1 is 1.35 bits per heavy atom. The predicted octanol–water partition coefficient (Wildman–Crippen LogP) is 3.29. The van der Waals surface area contributed by atoms with Gasteiger partial charge in [0.15, 0.2) is 0 Å². The lowest BCUT2D eigenvalue weighted by Crippen LogP contribution is -2.56. The van der Waals surface area contributed by atoms with Crippen molar-refractivity contribution in [2.45, 2.75) is 70.9 Å². The van der Waals surface area contributed by atoms with Crippen molar-refractivity contribution in [1.29, 1.82) is 0 Å². The molecule has 0 radical (unpaired) electrons. The first-order chi connectivity index (χ1) is 12.5. The van der Waals surface area contributed by atoms with Crippen molar-refractivity contribution in [1.82, 2.24) is 15.1 Å². The van der Waals surface area contributed by atoms with Crippen molar-refractivity contribution in [3.63, 3.8) is 0 Å². The highest BCUT2D eigenvalue weighted by Gasteiger charge is 2.53. The monoisotopic (exact) mass is 360 g/mol. The number of rotatable bonds is 7. The molecule has 0 saturated heterocycles. The van der Waals surface area contributed by atoms with Crippen LogP contribution >= 0.6 is 0 Å². The van der Waals surface area contributed by atoms with Gasteiger partial charge in [0, 0.05) is 12.5 Å². The van der Waals surface area contributed by atoms with Crippen LogP contribution in [0, 0.1) is 33.3 Å². The fourth-order valence-corrected chi connectivity index (χ4v) is 6.35. The fraction of sp³-hybridized carbons (Fsp3) is 0.789. The van der Waals surface area contributed by atoms with Gasteiger partial charge in [-0.25, -0.2) is 0 Å². The molecular weight excluding hydrogens is 332 g/mol. The van der Waals surface area contributed by atoms with E-state index < -0.39 is 4.92 Å². The lowest BCUT2D eigenvalue weighted by atomic mass is 9.47. The minimum atomic E-state index is -0.517. The second-order valence-corrected chi connectivity index (χ2v) is 8.75. The molecule has 7 nitrogen and oxygen atoms in total. The standard InChI is InChI=1S/C19H28N4O3/c1-2-16(19-10-13-7-14(11-19)9-15(8-13)12-19)20-18(24)4-6-22-5-3-17(21-22)23(25)26/h3,5,13-16H,2,4,6-12H2,1H3,(H,20,24)/t13?,14?,15?,16-,19?/m0/s1. The van der Waals surface area contributed by atoms with E-state index in [-0.39, 0.29) is 17.8 Å². The average Bonchev–Trinajstić information content (AvgIpc) is 3.06. The summed E-state index contributed by atoms with van der Waals surface area (Å²) in [7, 11) is 0. The van der Waals surface area contributed by atoms with Crippen LogP contribution in [0.5, 0.6) is 0 Å². The summed E-state index contributed by atoms with van der Waals surface area (Å²) in [5.41, 5.74) is 0.309. The number of aryl methyl sites for hydroxylation is 1. The summed E-state index contributed by atoms with van der Waals surface area (Å²) in [4.78, 5) is 22.7. The third-order valence-corrected chi connectivity index (χ3v) is 6.95. The normalized spacial score (nSPS) is 33.2. The molecular formula is C19H28N4O3. The molecule has 5 rings (SSSR count). The maximum atomic E-state index is 12.5. The van der Waals surface area contributed by atoms with E-state index in [0.717, 1.165) is 24.2 Å². The third-order valence-electron chi connectivity index (χ3n) is 6.95. The summed E-state index contributed by atoms with van der Waals surface area (Å²) < 4.78 is 1.48. The third kappa shape index (κ3) is 3.23. The molecule has 0 aliphatic heterocycles. The Morgan fingerprint density at radius 3 is 2.46 bits per heavy atom. The van der Waals surface area contributed by atoms with E-state index in [9.17, 15) is 14.9 Å². The van der Waals surface area contributed by atoms with Crippen LogP contribution < -0.4 is 5.32 Å². The number of nitro groups is 1. The van der Waals surface area contributed by atoms with Gasteiger partial charge in [0.2, 0.25) is 5.91 Å².